The Kier molecular flexibility index (Phi) is 6.60. The number of H-pyrrole nitrogens is 1. The highest BCUT2D eigenvalue weighted by Crippen LogP contribution is 2.40. The Hall–Kier alpha value is -3.55. The monoisotopic (exact) mass is 564 g/mol. The Morgan fingerprint density at radius 3 is 2.50 bits per heavy atom. The number of rotatable bonds is 6. The molecule has 1 aliphatic heterocycles. The number of Topliss-reactive ketones (excluding diaryl/α,β-unsaturated/α-hetero) is 1. The summed E-state index contributed by atoms with van der Waals surface area (Å²) < 4.78 is 6.23. The number of likely N-dealkylation sites (tertiary alicyclic amines) is 1. The van der Waals surface area contributed by atoms with Crippen LogP contribution >= 0.6 is 27.5 Å². The average Bonchev–Trinajstić information content (AvgIpc) is 3.40. The molecular formula is C28H22BrClN2O4. The van der Waals surface area contributed by atoms with E-state index in [9.17, 15) is 14.7 Å². The lowest BCUT2D eigenvalue weighted by Crippen LogP contribution is -2.31. The van der Waals surface area contributed by atoms with E-state index in [0.717, 1.165) is 32.3 Å². The molecule has 5 rings (SSSR count). The summed E-state index contributed by atoms with van der Waals surface area (Å²) in [6.07, 6.45) is 2.41. The van der Waals surface area contributed by atoms with E-state index in [1.807, 2.05) is 48.7 Å². The molecule has 0 bridgehead atoms. The SMILES string of the molecule is COc1ccc2[nH]cc(CCN3C(=O)C(=O)C(=C(O)c4ccc(Cl)cc4)[C@H]3c3ccc(Br)cc3)c2c1. The van der Waals surface area contributed by atoms with Gasteiger partial charge in [-0.15, -0.1) is 0 Å². The van der Waals surface area contributed by atoms with Crippen LogP contribution in [0, 0.1) is 0 Å². The maximum Gasteiger partial charge on any atom is 0.295 e. The molecule has 2 heterocycles. The summed E-state index contributed by atoms with van der Waals surface area (Å²) in [7, 11) is 1.62. The predicted molar refractivity (Wildman–Crippen MR) is 143 cm³/mol. The second kappa shape index (κ2) is 9.84. The number of ketones is 1. The molecule has 0 spiro atoms. The van der Waals surface area contributed by atoms with Gasteiger partial charge in [-0.25, -0.2) is 0 Å². The number of nitrogens with zero attached hydrogens (tertiary/aromatic N) is 1. The van der Waals surface area contributed by atoms with Crippen molar-refractivity contribution in [1.29, 1.82) is 0 Å². The number of fused-ring (bicyclic) bond motifs is 1. The molecule has 36 heavy (non-hydrogen) atoms. The van der Waals surface area contributed by atoms with Crippen LogP contribution in [0.2, 0.25) is 5.02 Å². The smallest absolute Gasteiger partial charge is 0.295 e. The van der Waals surface area contributed by atoms with E-state index < -0.39 is 17.7 Å². The summed E-state index contributed by atoms with van der Waals surface area (Å²) in [5.41, 5.74) is 3.17. The molecule has 8 heteroatoms. The fraction of sp³-hybridized carbons (Fsp3) is 0.143. The van der Waals surface area contributed by atoms with Crippen molar-refractivity contribution in [3.8, 4) is 5.75 Å². The lowest BCUT2D eigenvalue weighted by molar-refractivity contribution is -0.139. The Labute approximate surface area is 221 Å². The maximum absolute atomic E-state index is 13.3. The van der Waals surface area contributed by atoms with Crippen LogP contribution in [0.3, 0.4) is 0 Å². The highest BCUT2D eigenvalue weighted by atomic mass is 79.9. The van der Waals surface area contributed by atoms with Crippen LogP contribution in [0.25, 0.3) is 16.7 Å². The zero-order valence-corrected chi connectivity index (χ0v) is 21.6. The van der Waals surface area contributed by atoms with E-state index in [0.29, 0.717) is 17.0 Å². The minimum absolute atomic E-state index is 0.0604. The van der Waals surface area contributed by atoms with Crippen molar-refractivity contribution in [3.05, 3.63) is 105 Å². The number of hydrogen-bond acceptors (Lipinski definition) is 4. The van der Waals surface area contributed by atoms with Gasteiger partial charge >= 0.3 is 0 Å². The van der Waals surface area contributed by atoms with E-state index >= 15 is 0 Å². The van der Waals surface area contributed by atoms with Crippen LogP contribution in [0.5, 0.6) is 5.75 Å². The first-order chi connectivity index (χ1) is 17.4. The quantitative estimate of drug-likeness (QED) is 0.164. The highest BCUT2D eigenvalue weighted by Gasteiger charge is 2.45. The van der Waals surface area contributed by atoms with Crippen LogP contribution in [0.15, 0.2) is 83.0 Å². The minimum Gasteiger partial charge on any atom is -0.507 e. The number of aromatic nitrogens is 1. The average molecular weight is 566 g/mol. The Morgan fingerprint density at radius 1 is 1.08 bits per heavy atom. The highest BCUT2D eigenvalue weighted by molar-refractivity contribution is 9.10. The number of carbonyl (C=O) groups excluding carboxylic acids is 2. The first-order valence-corrected chi connectivity index (χ1v) is 12.5. The molecule has 1 aromatic heterocycles. The molecule has 0 saturated carbocycles. The third-order valence-corrected chi connectivity index (χ3v) is 7.22. The van der Waals surface area contributed by atoms with Gasteiger partial charge in [-0.2, -0.15) is 0 Å². The maximum atomic E-state index is 13.3. The minimum atomic E-state index is -0.728. The van der Waals surface area contributed by atoms with Crippen molar-refractivity contribution in [2.45, 2.75) is 12.5 Å². The number of aromatic amines is 1. The third kappa shape index (κ3) is 4.40. The largest absolute Gasteiger partial charge is 0.507 e. The van der Waals surface area contributed by atoms with Crippen LogP contribution in [0.4, 0.5) is 0 Å². The van der Waals surface area contributed by atoms with Crippen molar-refractivity contribution in [2.24, 2.45) is 0 Å². The van der Waals surface area contributed by atoms with Crippen LogP contribution in [0.1, 0.15) is 22.7 Å². The number of hydrogen-bond donors (Lipinski definition) is 2. The summed E-state index contributed by atoms with van der Waals surface area (Å²) in [5, 5.41) is 12.7. The molecule has 0 aliphatic carbocycles. The molecule has 3 aromatic carbocycles. The molecule has 4 aromatic rings. The van der Waals surface area contributed by atoms with Gasteiger partial charge < -0.3 is 19.7 Å². The molecule has 182 valence electrons. The number of aliphatic hydroxyl groups is 1. The van der Waals surface area contributed by atoms with Crippen LogP contribution < -0.4 is 4.74 Å². The number of methoxy groups -OCH3 is 1. The predicted octanol–water partition coefficient (Wildman–Crippen LogP) is 6.26. The summed E-state index contributed by atoms with van der Waals surface area (Å²) >= 11 is 9.44. The number of aliphatic hydroxyl groups excluding tert-OH is 1. The lowest BCUT2D eigenvalue weighted by Gasteiger charge is -2.25. The standard InChI is InChI=1S/C28H22BrClN2O4/c1-36-21-10-11-23-22(14-21)18(15-31-23)12-13-32-25(16-2-6-19(29)7-3-16)24(27(34)28(32)35)26(33)17-4-8-20(30)9-5-17/h2-11,14-15,25,31,33H,12-13H2,1H3/t25-/m1/s1. The van der Waals surface area contributed by atoms with Crippen molar-refractivity contribution >= 4 is 55.9 Å². The summed E-state index contributed by atoms with van der Waals surface area (Å²) in [6, 6.07) is 19.0. The number of ether oxygens (including phenoxy) is 1. The number of amides is 1. The van der Waals surface area contributed by atoms with Crippen molar-refractivity contribution < 1.29 is 19.4 Å². The fourth-order valence-electron chi connectivity index (χ4n) is 4.60. The van der Waals surface area contributed by atoms with E-state index in [1.54, 1.807) is 31.4 Å². The number of carbonyl (C=O) groups is 2. The zero-order valence-electron chi connectivity index (χ0n) is 19.3. The molecule has 1 atom stereocenters. The number of benzene rings is 3. The van der Waals surface area contributed by atoms with E-state index in [1.165, 1.54) is 4.90 Å². The van der Waals surface area contributed by atoms with Crippen molar-refractivity contribution in [2.75, 3.05) is 13.7 Å². The molecule has 1 fully saturated rings. The molecule has 1 aliphatic rings. The molecule has 6 nitrogen and oxygen atoms in total. The summed E-state index contributed by atoms with van der Waals surface area (Å²) in [5.74, 6) is -0.842. The second-order valence-electron chi connectivity index (χ2n) is 8.53. The lowest BCUT2D eigenvalue weighted by atomic mass is 9.95. The van der Waals surface area contributed by atoms with Gasteiger partial charge in [0.15, 0.2) is 0 Å². The first kappa shape index (κ1) is 24.2. The van der Waals surface area contributed by atoms with Gasteiger partial charge in [0.1, 0.15) is 11.5 Å². The Balaban J connectivity index is 1.55. The van der Waals surface area contributed by atoms with Gasteiger partial charge in [0.2, 0.25) is 0 Å². The number of nitrogens with one attached hydrogen (secondary N) is 1. The Bertz CT molecular complexity index is 1490. The van der Waals surface area contributed by atoms with Gasteiger partial charge in [0, 0.05) is 38.7 Å². The summed E-state index contributed by atoms with van der Waals surface area (Å²) in [6.45, 7) is 0.285. The van der Waals surface area contributed by atoms with Gasteiger partial charge in [-0.3, -0.25) is 9.59 Å². The number of halogens is 2. The van der Waals surface area contributed by atoms with E-state index in [-0.39, 0.29) is 17.9 Å². The van der Waals surface area contributed by atoms with Crippen LogP contribution in [-0.4, -0.2) is 40.3 Å². The molecular weight excluding hydrogens is 544 g/mol. The molecule has 2 N–H and O–H groups in total. The Morgan fingerprint density at radius 2 is 1.81 bits per heavy atom. The molecule has 1 amide bonds. The van der Waals surface area contributed by atoms with E-state index in [4.69, 9.17) is 16.3 Å². The van der Waals surface area contributed by atoms with E-state index in [2.05, 4.69) is 20.9 Å². The van der Waals surface area contributed by atoms with Gasteiger partial charge in [0.25, 0.3) is 11.7 Å². The van der Waals surface area contributed by atoms with Gasteiger partial charge in [0.05, 0.1) is 18.7 Å². The molecule has 0 radical (unpaired) electrons. The molecule has 0 unspecified atom stereocenters. The van der Waals surface area contributed by atoms with Gasteiger partial charge in [-0.1, -0.05) is 39.7 Å². The van der Waals surface area contributed by atoms with Crippen LogP contribution in [-0.2, 0) is 16.0 Å². The topological polar surface area (TPSA) is 82.6 Å². The second-order valence-corrected chi connectivity index (χ2v) is 9.88. The van der Waals surface area contributed by atoms with Crippen molar-refractivity contribution in [1.82, 2.24) is 9.88 Å². The first-order valence-electron chi connectivity index (χ1n) is 11.3. The molecule has 1 saturated heterocycles. The fourth-order valence-corrected chi connectivity index (χ4v) is 4.99. The third-order valence-electron chi connectivity index (χ3n) is 6.44. The van der Waals surface area contributed by atoms with Gasteiger partial charge in [-0.05, 0) is 72.1 Å². The summed E-state index contributed by atoms with van der Waals surface area (Å²) in [4.78, 5) is 31.3. The zero-order chi connectivity index (χ0) is 25.4. The normalized spacial score (nSPS) is 17.2. The van der Waals surface area contributed by atoms with Crippen molar-refractivity contribution in [3.63, 3.8) is 0 Å².